The topological polar surface area (TPSA) is 66.4 Å². The van der Waals surface area contributed by atoms with Crippen molar-refractivity contribution >= 4 is 11.9 Å². The van der Waals surface area contributed by atoms with Gasteiger partial charge in [0, 0.05) is 18.8 Å². The van der Waals surface area contributed by atoms with Crippen molar-refractivity contribution in [3.8, 4) is 0 Å². The summed E-state index contributed by atoms with van der Waals surface area (Å²) in [5.41, 5.74) is 0. The van der Waals surface area contributed by atoms with Gasteiger partial charge in [0.05, 0.1) is 21.1 Å². The predicted octanol–water partition coefficient (Wildman–Crippen LogP) is 6.42. The number of carboxylic acids is 1. The van der Waals surface area contributed by atoms with Gasteiger partial charge in [0.1, 0.15) is 6.54 Å². The first-order chi connectivity index (χ1) is 16.1. The molecule has 0 N–H and O–H groups in total. The number of carbonyl (C=O) groups excluding carboxylic acids is 2. The van der Waals surface area contributed by atoms with Crippen LogP contribution in [0.25, 0.3) is 0 Å². The van der Waals surface area contributed by atoms with Crippen molar-refractivity contribution in [1.82, 2.24) is 0 Å². The van der Waals surface area contributed by atoms with Gasteiger partial charge in [-0.05, 0) is 12.3 Å². The zero-order valence-electron chi connectivity index (χ0n) is 23.4. The Morgan fingerprint density at radius 2 is 1.18 bits per heavy atom. The maximum absolute atomic E-state index is 12.2. The van der Waals surface area contributed by atoms with Gasteiger partial charge in [-0.3, -0.25) is 4.79 Å². The Kier molecular flexibility index (Phi) is 20.5. The van der Waals surface area contributed by atoms with Crippen LogP contribution >= 0.6 is 0 Å². The number of ether oxygens (including phenoxy) is 1. The molecular formula is C29H57NO4. The Morgan fingerprint density at radius 1 is 0.735 bits per heavy atom. The third-order valence-electron chi connectivity index (χ3n) is 6.59. The van der Waals surface area contributed by atoms with Gasteiger partial charge in [-0.15, -0.1) is 0 Å². The second kappa shape index (κ2) is 21.2. The van der Waals surface area contributed by atoms with Crippen LogP contribution in [0.4, 0.5) is 0 Å². The van der Waals surface area contributed by atoms with Gasteiger partial charge >= 0.3 is 5.97 Å². The lowest BCUT2D eigenvalue weighted by Gasteiger charge is -2.29. The van der Waals surface area contributed by atoms with E-state index in [9.17, 15) is 14.7 Å². The van der Waals surface area contributed by atoms with Crippen molar-refractivity contribution in [2.45, 2.75) is 142 Å². The van der Waals surface area contributed by atoms with E-state index < -0.39 is 12.1 Å². The molecule has 0 aliphatic rings. The van der Waals surface area contributed by atoms with Crippen LogP contribution < -0.4 is 5.11 Å². The summed E-state index contributed by atoms with van der Waals surface area (Å²) in [6, 6.07) is 0. The van der Waals surface area contributed by atoms with Crippen molar-refractivity contribution in [1.29, 1.82) is 0 Å². The lowest BCUT2D eigenvalue weighted by molar-refractivity contribution is -0.873. The Bertz CT molecular complexity index is 501. The molecule has 0 fully saturated rings. The van der Waals surface area contributed by atoms with E-state index in [4.69, 9.17) is 4.74 Å². The van der Waals surface area contributed by atoms with Gasteiger partial charge < -0.3 is 19.1 Å². The summed E-state index contributed by atoms with van der Waals surface area (Å²) in [6.07, 6.45) is 22.1. The van der Waals surface area contributed by atoms with Gasteiger partial charge in [0.15, 0.2) is 6.10 Å². The monoisotopic (exact) mass is 483 g/mol. The van der Waals surface area contributed by atoms with Gasteiger partial charge in [-0.2, -0.15) is 0 Å². The summed E-state index contributed by atoms with van der Waals surface area (Å²) in [6.45, 7) is 4.94. The van der Waals surface area contributed by atoms with Crippen molar-refractivity contribution in [3.05, 3.63) is 0 Å². The average Bonchev–Trinajstić information content (AvgIpc) is 2.73. The van der Waals surface area contributed by atoms with E-state index in [2.05, 4.69) is 13.8 Å². The summed E-state index contributed by atoms with van der Waals surface area (Å²) < 4.78 is 5.99. The summed E-state index contributed by atoms with van der Waals surface area (Å²) in [5.74, 6) is -0.969. The molecule has 0 saturated heterocycles. The van der Waals surface area contributed by atoms with Crippen molar-refractivity contribution in [2.24, 2.45) is 5.92 Å². The van der Waals surface area contributed by atoms with Crippen LogP contribution in [0.3, 0.4) is 0 Å². The standard InChI is InChI=1S/C29H57NO4/c1-6-7-8-9-10-11-12-13-14-15-16-17-18-19-20-21-26(2)22-23-29(33)34-27(24-28(31)32)25-30(3,4)5/h26-27H,6-25H2,1-5H3. The fourth-order valence-corrected chi connectivity index (χ4v) is 4.56. The first kappa shape index (κ1) is 32.9. The molecule has 0 aliphatic carbocycles. The van der Waals surface area contributed by atoms with Crippen LogP contribution in [0, 0.1) is 5.92 Å². The number of quaternary nitrogens is 1. The number of likely N-dealkylation sites (N-methyl/N-ethyl adjacent to an activating group) is 1. The molecule has 0 radical (unpaired) electrons. The highest BCUT2D eigenvalue weighted by Gasteiger charge is 2.22. The Hall–Kier alpha value is -1.10. The maximum atomic E-state index is 12.2. The molecule has 0 spiro atoms. The van der Waals surface area contributed by atoms with Crippen LogP contribution in [-0.4, -0.2) is 50.2 Å². The van der Waals surface area contributed by atoms with Crippen molar-refractivity contribution < 1.29 is 23.9 Å². The van der Waals surface area contributed by atoms with Crippen molar-refractivity contribution in [2.75, 3.05) is 27.7 Å². The second-order valence-electron chi connectivity index (χ2n) is 11.5. The zero-order valence-corrected chi connectivity index (χ0v) is 23.4. The molecule has 0 bridgehead atoms. The number of carbonyl (C=O) groups is 2. The zero-order chi connectivity index (χ0) is 25.7. The normalized spacial score (nSPS) is 13.6. The van der Waals surface area contributed by atoms with E-state index in [0.717, 1.165) is 12.8 Å². The molecule has 0 saturated carbocycles. The highest BCUT2D eigenvalue weighted by molar-refractivity contribution is 5.70. The smallest absolute Gasteiger partial charge is 0.306 e. The van der Waals surface area contributed by atoms with Gasteiger partial charge in [0.2, 0.25) is 0 Å². The molecule has 0 amide bonds. The van der Waals surface area contributed by atoms with Gasteiger partial charge in [0.25, 0.3) is 0 Å². The molecule has 2 atom stereocenters. The molecule has 0 aromatic rings. The molecular weight excluding hydrogens is 426 g/mol. The maximum Gasteiger partial charge on any atom is 0.306 e. The number of nitrogens with zero attached hydrogens (tertiary/aromatic N) is 1. The van der Waals surface area contributed by atoms with Crippen LogP contribution in [0.15, 0.2) is 0 Å². The Labute approximate surface area is 211 Å². The van der Waals surface area contributed by atoms with Gasteiger partial charge in [-0.25, -0.2) is 0 Å². The first-order valence-corrected chi connectivity index (χ1v) is 14.3. The van der Waals surface area contributed by atoms with Crippen molar-refractivity contribution in [3.63, 3.8) is 0 Å². The number of unbranched alkanes of at least 4 members (excludes halogenated alkanes) is 14. The number of hydrogen-bond acceptors (Lipinski definition) is 4. The fourth-order valence-electron chi connectivity index (χ4n) is 4.56. The molecule has 0 rings (SSSR count). The Morgan fingerprint density at radius 3 is 1.59 bits per heavy atom. The molecule has 0 aliphatic heterocycles. The molecule has 34 heavy (non-hydrogen) atoms. The highest BCUT2D eigenvalue weighted by atomic mass is 16.5. The third kappa shape index (κ3) is 24.0. The van der Waals surface area contributed by atoms with E-state index in [0.29, 0.717) is 23.4 Å². The quantitative estimate of drug-likeness (QED) is 0.0902. The molecule has 5 heteroatoms. The Balaban J connectivity index is 3.63. The van der Waals surface area contributed by atoms with Gasteiger partial charge in [-0.1, -0.05) is 117 Å². The molecule has 5 nitrogen and oxygen atoms in total. The minimum Gasteiger partial charge on any atom is -0.550 e. The molecule has 0 heterocycles. The van der Waals surface area contributed by atoms with Crippen LogP contribution in [0.5, 0.6) is 0 Å². The number of esters is 1. The van der Waals surface area contributed by atoms with E-state index in [-0.39, 0.29) is 12.4 Å². The first-order valence-electron chi connectivity index (χ1n) is 14.3. The number of aliphatic carboxylic acids is 1. The average molecular weight is 484 g/mol. The molecule has 202 valence electrons. The summed E-state index contributed by atoms with van der Waals surface area (Å²) in [7, 11) is 5.86. The fraction of sp³-hybridized carbons (Fsp3) is 0.931. The number of rotatable bonds is 24. The van der Waals surface area contributed by atoms with Crippen LogP contribution in [0.2, 0.25) is 0 Å². The lowest BCUT2D eigenvalue weighted by atomic mass is 9.97. The number of carboxylic acid groups (broad SMARTS) is 1. The largest absolute Gasteiger partial charge is 0.550 e. The SMILES string of the molecule is CCCCCCCCCCCCCCCCCC(C)CCC(=O)OC(CC(=O)[O-])C[N+](C)(C)C. The predicted molar refractivity (Wildman–Crippen MR) is 140 cm³/mol. The molecule has 2 unspecified atom stereocenters. The van der Waals surface area contributed by atoms with E-state index >= 15 is 0 Å². The van der Waals surface area contributed by atoms with E-state index in [1.54, 1.807) is 0 Å². The summed E-state index contributed by atoms with van der Waals surface area (Å²) in [5, 5.41) is 11.0. The molecule has 0 aromatic heterocycles. The lowest BCUT2D eigenvalue weighted by Crippen LogP contribution is -2.45. The second-order valence-corrected chi connectivity index (χ2v) is 11.5. The summed E-state index contributed by atoms with van der Waals surface area (Å²) >= 11 is 0. The highest BCUT2D eigenvalue weighted by Crippen LogP contribution is 2.18. The molecule has 0 aromatic carbocycles. The van der Waals surface area contributed by atoms with E-state index in [1.165, 1.54) is 96.3 Å². The van der Waals surface area contributed by atoms with E-state index in [1.807, 2.05) is 21.1 Å². The third-order valence-corrected chi connectivity index (χ3v) is 6.59. The minimum absolute atomic E-state index is 0.240. The van der Waals surface area contributed by atoms with Crippen LogP contribution in [0.1, 0.15) is 136 Å². The summed E-state index contributed by atoms with van der Waals surface area (Å²) in [4.78, 5) is 23.1. The van der Waals surface area contributed by atoms with Crippen LogP contribution in [-0.2, 0) is 14.3 Å². The number of hydrogen-bond donors (Lipinski definition) is 0. The minimum atomic E-state index is -1.17.